The molecule has 1 aromatic carbocycles. The first-order chi connectivity index (χ1) is 10.6. The number of nitrogens with one attached hydrogen (secondary N) is 1. The maximum Gasteiger partial charge on any atom is 0.407 e. The van der Waals surface area contributed by atoms with E-state index in [1.54, 1.807) is 0 Å². The topological polar surface area (TPSA) is 84.9 Å². The van der Waals surface area contributed by atoms with Gasteiger partial charge in [-0.1, -0.05) is 37.3 Å². The summed E-state index contributed by atoms with van der Waals surface area (Å²) >= 11 is 0. The Bertz CT molecular complexity index is 449. The van der Waals surface area contributed by atoms with Crippen molar-refractivity contribution in [3.05, 3.63) is 35.9 Å². The molecule has 0 radical (unpaired) electrons. The highest BCUT2D eigenvalue weighted by Gasteiger charge is 2.11. The quantitative estimate of drug-likeness (QED) is 0.649. The Morgan fingerprint density at radius 2 is 2.00 bits per heavy atom. The highest BCUT2D eigenvalue weighted by molar-refractivity contribution is 5.67. The highest BCUT2D eigenvalue weighted by atomic mass is 16.5. The standard InChI is InChI=1S/C16H23NO5/c1-2-14(12-21-10-6-9-15(18)19)17-16(20)22-11-13-7-4-3-5-8-13/h3-5,7-8,14H,2,6,9-12H2,1H3,(H,17,20)(H,18,19). The molecule has 0 heterocycles. The minimum absolute atomic E-state index is 0.0866. The van der Waals surface area contributed by atoms with Crippen LogP contribution in [0, 0.1) is 0 Å². The Hall–Kier alpha value is -2.08. The molecule has 1 amide bonds. The molecule has 22 heavy (non-hydrogen) atoms. The average molecular weight is 309 g/mol. The zero-order valence-electron chi connectivity index (χ0n) is 12.8. The number of ether oxygens (including phenoxy) is 2. The van der Waals surface area contributed by atoms with Crippen molar-refractivity contribution in [3.63, 3.8) is 0 Å². The predicted molar refractivity (Wildman–Crippen MR) is 81.5 cm³/mol. The number of carboxylic acids is 1. The molecule has 0 aromatic heterocycles. The van der Waals surface area contributed by atoms with Gasteiger partial charge < -0.3 is 19.9 Å². The largest absolute Gasteiger partial charge is 0.481 e. The van der Waals surface area contributed by atoms with Gasteiger partial charge in [0.25, 0.3) is 0 Å². The second kappa shape index (κ2) is 10.6. The molecule has 1 atom stereocenters. The van der Waals surface area contributed by atoms with Gasteiger partial charge in [-0.2, -0.15) is 0 Å². The summed E-state index contributed by atoms with van der Waals surface area (Å²) in [4.78, 5) is 22.1. The molecular formula is C16H23NO5. The Morgan fingerprint density at radius 3 is 2.64 bits per heavy atom. The summed E-state index contributed by atoms with van der Waals surface area (Å²) in [6, 6.07) is 9.30. The maximum absolute atomic E-state index is 11.7. The van der Waals surface area contributed by atoms with E-state index >= 15 is 0 Å². The van der Waals surface area contributed by atoms with Crippen LogP contribution in [0.2, 0.25) is 0 Å². The van der Waals surface area contributed by atoms with Crippen molar-refractivity contribution in [3.8, 4) is 0 Å². The van der Waals surface area contributed by atoms with Crippen molar-refractivity contribution in [1.29, 1.82) is 0 Å². The second-order valence-corrected chi connectivity index (χ2v) is 4.88. The van der Waals surface area contributed by atoms with Crippen molar-refractivity contribution >= 4 is 12.1 Å². The van der Waals surface area contributed by atoms with Gasteiger partial charge in [0, 0.05) is 13.0 Å². The molecule has 1 rings (SSSR count). The Kier molecular flexibility index (Phi) is 8.67. The molecule has 0 aliphatic heterocycles. The van der Waals surface area contributed by atoms with Crippen LogP contribution in [0.1, 0.15) is 31.7 Å². The van der Waals surface area contributed by atoms with E-state index in [1.165, 1.54) is 0 Å². The smallest absolute Gasteiger partial charge is 0.407 e. The number of hydrogen-bond donors (Lipinski definition) is 2. The Labute approximate surface area is 130 Å². The molecule has 0 aliphatic rings. The summed E-state index contributed by atoms with van der Waals surface area (Å²) in [5.74, 6) is -0.835. The van der Waals surface area contributed by atoms with Crippen LogP contribution < -0.4 is 5.32 Å². The number of rotatable bonds is 10. The zero-order valence-corrected chi connectivity index (χ0v) is 12.8. The van der Waals surface area contributed by atoms with E-state index < -0.39 is 12.1 Å². The minimum Gasteiger partial charge on any atom is -0.481 e. The van der Waals surface area contributed by atoms with Gasteiger partial charge in [-0.25, -0.2) is 4.79 Å². The van der Waals surface area contributed by atoms with Crippen LogP contribution in [0.3, 0.4) is 0 Å². The molecule has 122 valence electrons. The first-order valence-corrected chi connectivity index (χ1v) is 7.38. The molecule has 2 N–H and O–H groups in total. The van der Waals surface area contributed by atoms with Crippen molar-refractivity contribution in [1.82, 2.24) is 5.32 Å². The number of carbonyl (C=O) groups excluding carboxylic acids is 1. The number of carbonyl (C=O) groups is 2. The van der Waals surface area contributed by atoms with Crippen molar-refractivity contribution in [2.75, 3.05) is 13.2 Å². The number of carboxylic acid groups (broad SMARTS) is 1. The van der Waals surface area contributed by atoms with Crippen LogP contribution in [0.4, 0.5) is 4.79 Å². The predicted octanol–water partition coefficient (Wildman–Crippen LogP) is 2.57. The number of benzene rings is 1. The average Bonchev–Trinajstić information content (AvgIpc) is 2.52. The third kappa shape index (κ3) is 8.26. The van der Waals surface area contributed by atoms with E-state index in [1.807, 2.05) is 37.3 Å². The van der Waals surface area contributed by atoms with Crippen LogP contribution in [0.5, 0.6) is 0 Å². The van der Waals surface area contributed by atoms with Crippen molar-refractivity contribution in [2.45, 2.75) is 38.8 Å². The van der Waals surface area contributed by atoms with Gasteiger partial charge in [-0.15, -0.1) is 0 Å². The second-order valence-electron chi connectivity index (χ2n) is 4.88. The van der Waals surface area contributed by atoms with Crippen LogP contribution in [-0.4, -0.2) is 36.4 Å². The molecule has 1 aromatic rings. The van der Waals surface area contributed by atoms with E-state index in [2.05, 4.69) is 5.32 Å². The molecule has 1 unspecified atom stereocenters. The number of aliphatic carboxylic acids is 1. The van der Waals surface area contributed by atoms with Gasteiger partial charge in [0.2, 0.25) is 0 Å². The molecule has 0 saturated carbocycles. The van der Waals surface area contributed by atoms with Gasteiger partial charge in [0.1, 0.15) is 6.61 Å². The van der Waals surface area contributed by atoms with Crippen LogP contribution >= 0.6 is 0 Å². The van der Waals surface area contributed by atoms with E-state index in [-0.39, 0.29) is 19.1 Å². The first kappa shape index (κ1) is 18.0. The molecule has 0 bridgehead atoms. The van der Waals surface area contributed by atoms with Crippen LogP contribution in [0.25, 0.3) is 0 Å². The Balaban J connectivity index is 2.18. The van der Waals surface area contributed by atoms with E-state index in [0.29, 0.717) is 26.1 Å². The van der Waals surface area contributed by atoms with E-state index in [9.17, 15) is 9.59 Å². The lowest BCUT2D eigenvalue weighted by atomic mass is 10.2. The van der Waals surface area contributed by atoms with Gasteiger partial charge in [-0.3, -0.25) is 4.79 Å². The van der Waals surface area contributed by atoms with Gasteiger partial charge in [0.15, 0.2) is 0 Å². The van der Waals surface area contributed by atoms with Gasteiger partial charge in [-0.05, 0) is 18.4 Å². The van der Waals surface area contributed by atoms with E-state index in [4.69, 9.17) is 14.6 Å². The summed E-state index contributed by atoms with van der Waals surface area (Å²) in [7, 11) is 0. The maximum atomic E-state index is 11.7. The molecule has 6 heteroatoms. The number of alkyl carbamates (subject to hydrolysis) is 1. The monoisotopic (exact) mass is 309 g/mol. The Morgan fingerprint density at radius 1 is 1.27 bits per heavy atom. The summed E-state index contributed by atoms with van der Waals surface area (Å²) in [6.45, 7) is 2.87. The molecule has 0 fully saturated rings. The van der Waals surface area contributed by atoms with Gasteiger partial charge >= 0.3 is 12.1 Å². The van der Waals surface area contributed by atoms with Crippen molar-refractivity contribution < 1.29 is 24.2 Å². The number of amides is 1. The first-order valence-electron chi connectivity index (χ1n) is 7.38. The fourth-order valence-electron chi connectivity index (χ4n) is 1.74. The summed E-state index contributed by atoms with van der Waals surface area (Å²) in [5.41, 5.74) is 0.926. The SMILES string of the molecule is CCC(COCCCC(=O)O)NC(=O)OCc1ccccc1. The summed E-state index contributed by atoms with van der Waals surface area (Å²) in [6.07, 6.45) is 0.775. The van der Waals surface area contributed by atoms with Crippen LogP contribution in [0.15, 0.2) is 30.3 Å². The summed E-state index contributed by atoms with van der Waals surface area (Å²) in [5, 5.41) is 11.2. The lowest BCUT2D eigenvalue weighted by molar-refractivity contribution is -0.137. The van der Waals surface area contributed by atoms with Gasteiger partial charge in [0.05, 0.1) is 12.6 Å². The van der Waals surface area contributed by atoms with Crippen LogP contribution in [-0.2, 0) is 20.9 Å². The lowest BCUT2D eigenvalue weighted by Gasteiger charge is -2.17. The van der Waals surface area contributed by atoms with Crippen molar-refractivity contribution in [2.24, 2.45) is 0 Å². The highest BCUT2D eigenvalue weighted by Crippen LogP contribution is 2.02. The normalized spacial score (nSPS) is 11.7. The third-order valence-electron chi connectivity index (χ3n) is 3.03. The number of hydrogen-bond acceptors (Lipinski definition) is 4. The minimum atomic E-state index is -0.835. The fourth-order valence-corrected chi connectivity index (χ4v) is 1.74. The molecule has 6 nitrogen and oxygen atoms in total. The molecular weight excluding hydrogens is 286 g/mol. The third-order valence-corrected chi connectivity index (χ3v) is 3.03. The fraction of sp³-hybridized carbons (Fsp3) is 0.500. The molecule has 0 spiro atoms. The zero-order chi connectivity index (χ0) is 16.2. The molecule has 0 aliphatic carbocycles. The lowest BCUT2D eigenvalue weighted by Crippen LogP contribution is -2.38. The van der Waals surface area contributed by atoms with E-state index in [0.717, 1.165) is 5.56 Å². The molecule has 0 saturated heterocycles. The summed E-state index contributed by atoms with van der Waals surface area (Å²) < 4.78 is 10.5.